The highest BCUT2D eigenvalue weighted by atomic mass is 35.5. The van der Waals surface area contributed by atoms with Gasteiger partial charge in [-0.1, -0.05) is 18.9 Å². The highest BCUT2D eigenvalue weighted by Crippen LogP contribution is 2.16. The fourth-order valence-electron chi connectivity index (χ4n) is 3.02. The Bertz CT molecular complexity index is 564. The van der Waals surface area contributed by atoms with E-state index in [-0.39, 0.29) is 36.6 Å². The molecule has 3 N–H and O–H groups in total. The number of nitrogens with one attached hydrogen (secondary N) is 3. The van der Waals surface area contributed by atoms with Crippen LogP contribution in [0.15, 0.2) is 24.3 Å². The van der Waals surface area contributed by atoms with Gasteiger partial charge in [-0.2, -0.15) is 0 Å². The van der Waals surface area contributed by atoms with E-state index in [1.54, 1.807) is 6.07 Å². The van der Waals surface area contributed by atoms with E-state index in [1.165, 1.54) is 25.7 Å². The number of carbonyl (C=O) groups is 2. The molecule has 1 saturated heterocycles. The molecule has 2 amide bonds. The predicted octanol–water partition coefficient (Wildman–Crippen LogP) is 3.28. The van der Waals surface area contributed by atoms with Crippen LogP contribution >= 0.6 is 24.8 Å². The number of benzene rings is 1. The Morgan fingerprint density at radius 2 is 1.56 bits per heavy atom. The van der Waals surface area contributed by atoms with Gasteiger partial charge in [0, 0.05) is 17.8 Å². The predicted molar refractivity (Wildman–Crippen MR) is 116 cm³/mol. The van der Waals surface area contributed by atoms with Crippen molar-refractivity contribution in [3.63, 3.8) is 0 Å². The minimum absolute atomic E-state index is 0. The number of hydrogen-bond donors (Lipinski definition) is 3. The molecule has 27 heavy (non-hydrogen) atoms. The summed E-state index contributed by atoms with van der Waals surface area (Å²) in [6, 6.07) is 7.32. The fourth-order valence-corrected chi connectivity index (χ4v) is 3.02. The summed E-state index contributed by atoms with van der Waals surface area (Å²) in [5.41, 5.74) is 1.43. The molecule has 1 aromatic rings. The van der Waals surface area contributed by atoms with Gasteiger partial charge >= 0.3 is 0 Å². The molecular weight excluding hydrogens is 387 g/mol. The van der Waals surface area contributed by atoms with Crippen LogP contribution in [0.4, 0.5) is 11.4 Å². The zero-order valence-electron chi connectivity index (χ0n) is 16.0. The summed E-state index contributed by atoms with van der Waals surface area (Å²) in [5, 5.41) is 8.83. The van der Waals surface area contributed by atoms with E-state index in [2.05, 4.69) is 20.9 Å². The average molecular weight is 419 g/mol. The number of hydrogen-bond acceptors (Lipinski definition) is 4. The first-order valence-corrected chi connectivity index (χ1v) is 9.24. The number of carbonyl (C=O) groups excluding carboxylic acids is 2. The highest BCUT2D eigenvalue weighted by molar-refractivity contribution is 5.94. The quantitative estimate of drug-likeness (QED) is 0.566. The first-order valence-electron chi connectivity index (χ1n) is 9.24. The van der Waals surface area contributed by atoms with Crippen molar-refractivity contribution in [2.45, 2.75) is 38.5 Å². The number of amides is 2. The molecule has 0 spiro atoms. The molecule has 1 heterocycles. The number of likely N-dealkylation sites (tertiary alicyclic amines) is 1. The lowest BCUT2D eigenvalue weighted by Gasteiger charge is -2.19. The molecule has 0 radical (unpaired) electrons. The monoisotopic (exact) mass is 418 g/mol. The van der Waals surface area contributed by atoms with Gasteiger partial charge in [-0.3, -0.25) is 14.5 Å². The third kappa shape index (κ3) is 10.5. The van der Waals surface area contributed by atoms with Gasteiger partial charge in [0.15, 0.2) is 0 Å². The van der Waals surface area contributed by atoms with Crippen molar-refractivity contribution in [2.24, 2.45) is 0 Å². The Labute approximate surface area is 174 Å². The molecule has 0 bridgehead atoms. The third-order valence-electron chi connectivity index (χ3n) is 4.33. The SMILES string of the molecule is CNCCCC(=O)Nc1cccc(NC(=O)CN2CCCCCC2)c1.Cl.Cl. The lowest BCUT2D eigenvalue weighted by molar-refractivity contribution is -0.117. The van der Waals surface area contributed by atoms with Crippen LogP contribution in [0.2, 0.25) is 0 Å². The average Bonchev–Trinajstić information content (AvgIpc) is 2.84. The second-order valence-electron chi connectivity index (χ2n) is 6.57. The Kier molecular flexibility index (Phi) is 14.0. The normalized spacial score (nSPS) is 14.3. The van der Waals surface area contributed by atoms with Crippen molar-refractivity contribution >= 4 is 48.0 Å². The molecule has 0 unspecified atom stereocenters. The van der Waals surface area contributed by atoms with E-state index in [0.29, 0.717) is 24.3 Å². The van der Waals surface area contributed by atoms with E-state index >= 15 is 0 Å². The van der Waals surface area contributed by atoms with E-state index in [9.17, 15) is 9.59 Å². The molecule has 154 valence electrons. The minimum atomic E-state index is -0.0108. The fraction of sp³-hybridized carbons (Fsp3) is 0.579. The van der Waals surface area contributed by atoms with Crippen LogP contribution in [0.25, 0.3) is 0 Å². The maximum atomic E-state index is 12.3. The number of rotatable bonds is 8. The lowest BCUT2D eigenvalue weighted by Crippen LogP contribution is -2.33. The zero-order valence-corrected chi connectivity index (χ0v) is 17.6. The van der Waals surface area contributed by atoms with Crippen LogP contribution in [0.3, 0.4) is 0 Å². The summed E-state index contributed by atoms with van der Waals surface area (Å²) in [5.74, 6) is -0.0114. The van der Waals surface area contributed by atoms with Gasteiger partial charge in [-0.15, -0.1) is 24.8 Å². The number of anilines is 2. The van der Waals surface area contributed by atoms with Crippen molar-refractivity contribution in [2.75, 3.05) is 43.9 Å². The third-order valence-corrected chi connectivity index (χ3v) is 4.33. The van der Waals surface area contributed by atoms with Gasteiger partial charge in [-0.25, -0.2) is 0 Å². The summed E-state index contributed by atoms with van der Waals surface area (Å²) in [6.45, 7) is 3.24. The van der Waals surface area contributed by atoms with Gasteiger partial charge in [-0.05, 0) is 64.1 Å². The van der Waals surface area contributed by atoms with Gasteiger partial charge < -0.3 is 16.0 Å². The Morgan fingerprint density at radius 3 is 2.15 bits per heavy atom. The summed E-state index contributed by atoms with van der Waals surface area (Å²) in [7, 11) is 1.87. The van der Waals surface area contributed by atoms with Crippen molar-refractivity contribution in [3.8, 4) is 0 Å². The van der Waals surface area contributed by atoms with Gasteiger partial charge in [0.2, 0.25) is 11.8 Å². The first-order chi connectivity index (χ1) is 12.2. The molecule has 1 fully saturated rings. The van der Waals surface area contributed by atoms with E-state index in [0.717, 1.165) is 26.1 Å². The van der Waals surface area contributed by atoms with Crippen LogP contribution in [0.1, 0.15) is 38.5 Å². The first kappa shape index (κ1) is 25.7. The summed E-state index contributed by atoms with van der Waals surface area (Å²) in [4.78, 5) is 26.4. The van der Waals surface area contributed by atoms with E-state index < -0.39 is 0 Å². The largest absolute Gasteiger partial charge is 0.326 e. The smallest absolute Gasteiger partial charge is 0.238 e. The summed E-state index contributed by atoms with van der Waals surface area (Å²) < 4.78 is 0. The Morgan fingerprint density at radius 1 is 0.963 bits per heavy atom. The lowest BCUT2D eigenvalue weighted by atomic mass is 10.2. The van der Waals surface area contributed by atoms with Crippen LogP contribution in [0.5, 0.6) is 0 Å². The molecule has 6 nitrogen and oxygen atoms in total. The molecule has 0 aromatic heterocycles. The second kappa shape index (κ2) is 14.7. The molecule has 0 aliphatic carbocycles. The maximum absolute atomic E-state index is 12.3. The van der Waals surface area contributed by atoms with Gasteiger partial charge in [0.05, 0.1) is 6.54 Å². The molecule has 0 saturated carbocycles. The van der Waals surface area contributed by atoms with Crippen molar-refractivity contribution in [1.82, 2.24) is 10.2 Å². The van der Waals surface area contributed by atoms with Gasteiger partial charge in [0.1, 0.15) is 0 Å². The van der Waals surface area contributed by atoms with E-state index in [1.807, 2.05) is 25.2 Å². The molecule has 1 aliphatic rings. The Hall–Kier alpha value is -1.34. The molecule has 1 aromatic carbocycles. The summed E-state index contributed by atoms with van der Waals surface area (Å²) >= 11 is 0. The van der Waals surface area contributed by atoms with Crippen molar-refractivity contribution in [3.05, 3.63) is 24.3 Å². The molecule has 0 atom stereocenters. The highest BCUT2D eigenvalue weighted by Gasteiger charge is 2.13. The molecule has 2 rings (SSSR count). The minimum Gasteiger partial charge on any atom is -0.326 e. The molecule has 1 aliphatic heterocycles. The topological polar surface area (TPSA) is 73.5 Å². The number of halogens is 2. The second-order valence-corrected chi connectivity index (χ2v) is 6.57. The summed E-state index contributed by atoms with van der Waals surface area (Å²) in [6.07, 6.45) is 6.13. The molecular formula is C19H32Cl2N4O2. The number of nitrogens with zero attached hydrogens (tertiary/aromatic N) is 1. The van der Waals surface area contributed by atoms with Crippen LogP contribution in [0, 0.1) is 0 Å². The van der Waals surface area contributed by atoms with Crippen LogP contribution < -0.4 is 16.0 Å². The van der Waals surface area contributed by atoms with E-state index in [4.69, 9.17) is 0 Å². The standard InChI is InChI=1S/C19H30N4O2.2ClH/c1-20-11-7-10-18(24)21-16-8-6-9-17(14-16)22-19(25)15-23-12-4-2-3-5-13-23;;/h6,8-9,14,20H,2-5,7,10-13,15H2,1H3,(H,21,24)(H,22,25);2*1H. The molecule has 8 heteroatoms. The van der Waals surface area contributed by atoms with Gasteiger partial charge in [0.25, 0.3) is 0 Å². The van der Waals surface area contributed by atoms with Crippen LogP contribution in [-0.2, 0) is 9.59 Å². The Balaban J connectivity index is 0.00000338. The van der Waals surface area contributed by atoms with Crippen molar-refractivity contribution < 1.29 is 9.59 Å². The maximum Gasteiger partial charge on any atom is 0.238 e. The zero-order chi connectivity index (χ0) is 17.9. The van der Waals surface area contributed by atoms with Crippen LogP contribution in [-0.4, -0.2) is 49.9 Å². The van der Waals surface area contributed by atoms with Crippen molar-refractivity contribution in [1.29, 1.82) is 0 Å².